The fraction of sp³-hybridized carbons (Fsp3) is 0.273. The van der Waals surface area contributed by atoms with Crippen molar-refractivity contribution in [3.05, 3.63) is 65.1 Å². The summed E-state index contributed by atoms with van der Waals surface area (Å²) in [7, 11) is 0. The van der Waals surface area contributed by atoms with Gasteiger partial charge in [-0.2, -0.15) is 4.99 Å². The molecule has 0 aliphatic carbocycles. The number of carbonyl (C=O) groups excluding carboxylic acids is 1. The summed E-state index contributed by atoms with van der Waals surface area (Å²) in [6.45, 7) is 4.32. The summed E-state index contributed by atoms with van der Waals surface area (Å²) < 4.78 is 0. The van der Waals surface area contributed by atoms with Gasteiger partial charge in [-0.25, -0.2) is 0 Å². The minimum Gasteiger partial charge on any atom is -0.395 e. The van der Waals surface area contributed by atoms with Gasteiger partial charge in [0.1, 0.15) is 0 Å². The van der Waals surface area contributed by atoms with Crippen LogP contribution in [0.4, 0.5) is 0 Å². The summed E-state index contributed by atoms with van der Waals surface area (Å²) in [5.74, 6) is -0.162. The normalized spacial score (nSPS) is 19.3. The summed E-state index contributed by atoms with van der Waals surface area (Å²) in [6.07, 6.45) is 1.92. The number of nitrogens with zero attached hydrogens (tertiary/aromatic N) is 3. The van der Waals surface area contributed by atoms with E-state index in [2.05, 4.69) is 39.1 Å². The molecule has 28 heavy (non-hydrogen) atoms. The first-order valence-electron chi connectivity index (χ1n) is 9.49. The van der Waals surface area contributed by atoms with Crippen molar-refractivity contribution >= 4 is 28.9 Å². The predicted molar refractivity (Wildman–Crippen MR) is 115 cm³/mol. The van der Waals surface area contributed by atoms with E-state index >= 15 is 0 Å². The molecule has 0 unspecified atom stereocenters. The van der Waals surface area contributed by atoms with Crippen LogP contribution in [0.25, 0.3) is 17.2 Å². The Morgan fingerprint density at radius 1 is 0.964 bits per heavy atom. The average Bonchev–Trinajstić information content (AvgIpc) is 3.10. The van der Waals surface area contributed by atoms with Crippen molar-refractivity contribution < 1.29 is 9.90 Å². The average molecular weight is 394 g/mol. The van der Waals surface area contributed by atoms with Crippen molar-refractivity contribution in [2.45, 2.75) is 0 Å². The first kappa shape index (κ1) is 18.9. The molecule has 144 valence electrons. The van der Waals surface area contributed by atoms with E-state index in [9.17, 15) is 4.79 Å². The van der Waals surface area contributed by atoms with E-state index in [1.807, 2.05) is 36.4 Å². The lowest BCUT2D eigenvalue weighted by Gasteiger charge is -2.34. The van der Waals surface area contributed by atoms with E-state index < -0.39 is 0 Å². The highest BCUT2D eigenvalue weighted by Gasteiger charge is 2.28. The van der Waals surface area contributed by atoms with Gasteiger partial charge in [0.05, 0.1) is 11.5 Å². The van der Waals surface area contributed by atoms with Gasteiger partial charge in [0.25, 0.3) is 5.91 Å². The topological polar surface area (TPSA) is 56.1 Å². The Morgan fingerprint density at radius 3 is 2.32 bits per heavy atom. The second-order valence-corrected chi connectivity index (χ2v) is 7.86. The van der Waals surface area contributed by atoms with Crippen molar-refractivity contribution in [3.63, 3.8) is 0 Å². The number of benzene rings is 2. The number of carbonyl (C=O) groups is 1. The first-order valence-corrected chi connectivity index (χ1v) is 10.3. The van der Waals surface area contributed by atoms with Gasteiger partial charge < -0.3 is 10.0 Å². The lowest BCUT2D eigenvalue weighted by Crippen LogP contribution is -2.48. The molecule has 2 aromatic carbocycles. The van der Waals surface area contributed by atoms with Gasteiger partial charge in [-0.3, -0.25) is 9.69 Å². The number of amidine groups is 1. The molecule has 0 atom stereocenters. The van der Waals surface area contributed by atoms with Crippen LogP contribution in [0.3, 0.4) is 0 Å². The summed E-state index contributed by atoms with van der Waals surface area (Å²) >= 11 is 1.45. The zero-order valence-electron chi connectivity index (χ0n) is 15.6. The molecular formula is C22H23N3O2S. The molecule has 0 aromatic heterocycles. The highest BCUT2D eigenvalue weighted by molar-refractivity contribution is 8.18. The number of aliphatic hydroxyl groups excluding tert-OH is 1. The van der Waals surface area contributed by atoms with Crippen LogP contribution in [0.5, 0.6) is 0 Å². The van der Waals surface area contributed by atoms with E-state index in [0.29, 0.717) is 11.4 Å². The molecular weight excluding hydrogens is 370 g/mol. The fourth-order valence-corrected chi connectivity index (χ4v) is 4.36. The SMILES string of the molecule is O=C1N=C(N2CCN(CCO)CC2)S/C1=C/c1ccc(-c2ccccc2)cc1. The molecule has 2 aliphatic heterocycles. The molecule has 0 saturated carbocycles. The Morgan fingerprint density at radius 2 is 1.64 bits per heavy atom. The maximum Gasteiger partial charge on any atom is 0.286 e. The number of β-amino-alcohol motifs (C(OH)–C–C–N with tert-alkyl or cyclic N) is 1. The van der Waals surface area contributed by atoms with Crippen molar-refractivity contribution in [2.75, 3.05) is 39.3 Å². The predicted octanol–water partition coefficient (Wildman–Crippen LogP) is 2.93. The van der Waals surface area contributed by atoms with Gasteiger partial charge in [-0.15, -0.1) is 0 Å². The fourth-order valence-electron chi connectivity index (χ4n) is 3.39. The van der Waals surface area contributed by atoms with Crippen molar-refractivity contribution in [2.24, 2.45) is 4.99 Å². The minimum atomic E-state index is -0.162. The third-order valence-corrected chi connectivity index (χ3v) is 6.03. The van der Waals surface area contributed by atoms with Crippen molar-refractivity contribution in [1.29, 1.82) is 0 Å². The Balaban J connectivity index is 1.41. The monoisotopic (exact) mass is 393 g/mol. The molecule has 1 fully saturated rings. The second kappa shape index (κ2) is 8.73. The van der Waals surface area contributed by atoms with Gasteiger partial charge >= 0.3 is 0 Å². The molecule has 0 bridgehead atoms. The largest absolute Gasteiger partial charge is 0.395 e. The number of thioether (sulfide) groups is 1. The summed E-state index contributed by atoms with van der Waals surface area (Å²) in [6, 6.07) is 18.5. The number of aliphatic hydroxyl groups is 1. The molecule has 2 aliphatic rings. The van der Waals surface area contributed by atoms with Gasteiger partial charge in [0.15, 0.2) is 5.17 Å². The lowest BCUT2D eigenvalue weighted by atomic mass is 10.0. The van der Waals surface area contributed by atoms with E-state index in [4.69, 9.17) is 5.11 Å². The Labute approximate surface area is 169 Å². The Kier molecular flexibility index (Phi) is 5.90. The Bertz CT molecular complexity index is 886. The number of piperazine rings is 1. The highest BCUT2D eigenvalue weighted by atomic mass is 32.2. The van der Waals surface area contributed by atoms with Crippen LogP contribution in [0.15, 0.2) is 64.5 Å². The second-order valence-electron chi connectivity index (χ2n) is 6.85. The van der Waals surface area contributed by atoms with Gasteiger partial charge in [0.2, 0.25) is 0 Å². The van der Waals surface area contributed by atoms with Crippen LogP contribution in [0, 0.1) is 0 Å². The first-order chi connectivity index (χ1) is 13.7. The third kappa shape index (κ3) is 4.35. The maximum atomic E-state index is 12.3. The lowest BCUT2D eigenvalue weighted by molar-refractivity contribution is -0.113. The zero-order chi connectivity index (χ0) is 19.3. The maximum absolute atomic E-state index is 12.3. The van der Waals surface area contributed by atoms with Crippen molar-refractivity contribution in [3.8, 4) is 11.1 Å². The number of amides is 1. The van der Waals surface area contributed by atoms with Crippen LogP contribution in [-0.4, -0.2) is 65.3 Å². The van der Waals surface area contributed by atoms with Gasteiger partial charge in [-0.05, 0) is 34.5 Å². The molecule has 1 N–H and O–H groups in total. The standard InChI is InChI=1S/C22H23N3O2S/c26-15-14-24-10-12-25(13-11-24)22-23-21(27)20(28-22)16-17-6-8-19(9-7-17)18-4-2-1-3-5-18/h1-9,16,26H,10-15H2/b20-16+. The molecule has 4 rings (SSSR count). The number of rotatable bonds is 4. The number of hydrogen-bond acceptors (Lipinski definition) is 5. The minimum absolute atomic E-state index is 0.162. The number of aliphatic imine (C=N–C) groups is 1. The van der Waals surface area contributed by atoms with Crippen LogP contribution in [-0.2, 0) is 4.79 Å². The van der Waals surface area contributed by atoms with Crippen LogP contribution < -0.4 is 0 Å². The summed E-state index contributed by atoms with van der Waals surface area (Å²) in [4.78, 5) is 21.7. The summed E-state index contributed by atoms with van der Waals surface area (Å²) in [5, 5.41) is 9.84. The van der Waals surface area contributed by atoms with Crippen LogP contribution in [0.1, 0.15) is 5.56 Å². The van der Waals surface area contributed by atoms with Crippen LogP contribution >= 0.6 is 11.8 Å². The molecule has 1 amide bonds. The van der Waals surface area contributed by atoms with Gasteiger partial charge in [0, 0.05) is 32.7 Å². The highest BCUT2D eigenvalue weighted by Crippen LogP contribution is 2.31. The molecule has 5 nitrogen and oxygen atoms in total. The molecule has 2 aromatic rings. The zero-order valence-corrected chi connectivity index (χ0v) is 16.4. The molecule has 1 saturated heterocycles. The Hall–Kier alpha value is -2.41. The quantitative estimate of drug-likeness (QED) is 0.810. The van der Waals surface area contributed by atoms with Crippen LogP contribution in [0.2, 0.25) is 0 Å². The van der Waals surface area contributed by atoms with Gasteiger partial charge in [-0.1, -0.05) is 54.6 Å². The van der Waals surface area contributed by atoms with E-state index in [-0.39, 0.29) is 12.5 Å². The summed E-state index contributed by atoms with van der Waals surface area (Å²) in [5.41, 5.74) is 3.34. The molecule has 0 spiro atoms. The van der Waals surface area contributed by atoms with Crippen molar-refractivity contribution in [1.82, 2.24) is 9.80 Å². The number of hydrogen-bond donors (Lipinski definition) is 1. The third-order valence-electron chi connectivity index (χ3n) is 4.98. The van der Waals surface area contributed by atoms with E-state index in [1.165, 1.54) is 17.3 Å². The molecule has 0 radical (unpaired) electrons. The smallest absolute Gasteiger partial charge is 0.286 e. The molecule has 2 heterocycles. The van der Waals surface area contributed by atoms with E-state index in [0.717, 1.165) is 42.5 Å². The van der Waals surface area contributed by atoms with E-state index in [1.54, 1.807) is 0 Å². The molecule has 6 heteroatoms.